The predicted octanol–water partition coefficient (Wildman–Crippen LogP) is 2.95. The number of anilines is 1. The van der Waals surface area contributed by atoms with Gasteiger partial charge in [-0.3, -0.25) is 0 Å². The van der Waals surface area contributed by atoms with Crippen LogP contribution in [0.1, 0.15) is 19.0 Å². The molecule has 0 aliphatic rings. The third-order valence-corrected chi connectivity index (χ3v) is 1.97. The van der Waals surface area contributed by atoms with Gasteiger partial charge in [0.05, 0.1) is 0 Å². The molecular weight excluding hydrogens is 205 g/mol. The number of hydrogen-bond donors (Lipinski definition) is 0. The van der Waals surface area contributed by atoms with Gasteiger partial charge in [-0.2, -0.15) is 13.2 Å². The van der Waals surface area contributed by atoms with E-state index in [1.165, 1.54) is 6.07 Å². The number of rotatable bonds is 3. The Hall–Kier alpha value is -1.26. The number of pyridine rings is 1. The van der Waals surface area contributed by atoms with Gasteiger partial charge in [-0.1, -0.05) is 13.0 Å². The lowest BCUT2D eigenvalue weighted by Crippen LogP contribution is -2.20. The van der Waals surface area contributed by atoms with Crippen molar-refractivity contribution in [1.29, 1.82) is 0 Å². The third kappa shape index (κ3) is 3.11. The zero-order valence-corrected chi connectivity index (χ0v) is 8.67. The quantitative estimate of drug-likeness (QED) is 0.775. The van der Waals surface area contributed by atoms with E-state index in [2.05, 4.69) is 4.98 Å². The molecule has 2 nitrogen and oxygen atoms in total. The summed E-state index contributed by atoms with van der Waals surface area (Å²) < 4.78 is 37.0. The first-order chi connectivity index (χ1) is 6.95. The molecule has 1 rings (SSSR count). The van der Waals surface area contributed by atoms with Crippen LogP contribution in [0.4, 0.5) is 19.0 Å². The van der Waals surface area contributed by atoms with Gasteiger partial charge in [0.1, 0.15) is 11.5 Å². The van der Waals surface area contributed by atoms with Gasteiger partial charge in [0.15, 0.2) is 0 Å². The van der Waals surface area contributed by atoms with Crippen LogP contribution in [0, 0.1) is 0 Å². The van der Waals surface area contributed by atoms with Crippen molar-refractivity contribution in [3.63, 3.8) is 0 Å². The lowest BCUT2D eigenvalue weighted by Gasteiger charge is -2.18. The number of aromatic nitrogens is 1. The molecule has 1 heterocycles. The highest BCUT2D eigenvalue weighted by atomic mass is 19.4. The molecular formula is C10H13F3N2. The van der Waals surface area contributed by atoms with Gasteiger partial charge in [-0.25, -0.2) is 4.98 Å². The zero-order chi connectivity index (χ0) is 11.5. The maximum absolute atomic E-state index is 12.3. The molecule has 84 valence electrons. The summed E-state index contributed by atoms with van der Waals surface area (Å²) in [5.74, 6) is 0.353. The van der Waals surface area contributed by atoms with Crippen molar-refractivity contribution in [1.82, 2.24) is 4.98 Å². The van der Waals surface area contributed by atoms with Crippen molar-refractivity contribution in [3.05, 3.63) is 23.9 Å². The molecule has 1 aromatic rings. The monoisotopic (exact) mass is 218 g/mol. The number of nitrogens with zero attached hydrogens (tertiary/aromatic N) is 2. The molecule has 0 saturated carbocycles. The van der Waals surface area contributed by atoms with Crippen molar-refractivity contribution in [3.8, 4) is 0 Å². The van der Waals surface area contributed by atoms with Crippen LogP contribution in [0.15, 0.2) is 18.2 Å². The Balaban J connectivity index is 2.92. The van der Waals surface area contributed by atoms with Crippen LogP contribution in [-0.2, 0) is 6.18 Å². The predicted molar refractivity (Wildman–Crippen MR) is 52.8 cm³/mol. The average Bonchev–Trinajstić information content (AvgIpc) is 2.17. The Kier molecular flexibility index (Phi) is 3.55. The summed E-state index contributed by atoms with van der Waals surface area (Å²) >= 11 is 0. The summed E-state index contributed by atoms with van der Waals surface area (Å²) in [6.45, 7) is 2.65. The summed E-state index contributed by atoms with van der Waals surface area (Å²) in [5, 5.41) is 0. The van der Waals surface area contributed by atoms with Crippen molar-refractivity contribution >= 4 is 5.82 Å². The average molecular weight is 218 g/mol. The van der Waals surface area contributed by atoms with E-state index in [9.17, 15) is 13.2 Å². The van der Waals surface area contributed by atoms with Crippen LogP contribution < -0.4 is 4.90 Å². The van der Waals surface area contributed by atoms with E-state index in [-0.39, 0.29) is 0 Å². The molecule has 0 N–H and O–H groups in total. The van der Waals surface area contributed by atoms with Gasteiger partial charge in [-0.05, 0) is 18.6 Å². The van der Waals surface area contributed by atoms with E-state index in [1.54, 1.807) is 18.0 Å². The zero-order valence-electron chi connectivity index (χ0n) is 8.67. The highest BCUT2D eigenvalue weighted by Crippen LogP contribution is 2.28. The molecule has 0 aliphatic carbocycles. The second-order valence-electron chi connectivity index (χ2n) is 3.30. The second kappa shape index (κ2) is 4.51. The first kappa shape index (κ1) is 11.8. The normalized spacial score (nSPS) is 11.5. The van der Waals surface area contributed by atoms with E-state index < -0.39 is 11.9 Å². The van der Waals surface area contributed by atoms with E-state index in [0.717, 1.165) is 12.5 Å². The maximum Gasteiger partial charge on any atom is 0.433 e. The molecule has 0 aromatic carbocycles. The Morgan fingerprint density at radius 2 is 2.00 bits per heavy atom. The van der Waals surface area contributed by atoms with Gasteiger partial charge in [0, 0.05) is 13.6 Å². The molecule has 1 aromatic heterocycles. The molecule has 15 heavy (non-hydrogen) atoms. The largest absolute Gasteiger partial charge is 0.433 e. The fraction of sp³-hybridized carbons (Fsp3) is 0.500. The highest BCUT2D eigenvalue weighted by molar-refractivity contribution is 5.38. The van der Waals surface area contributed by atoms with Crippen LogP contribution in [0.3, 0.4) is 0 Å². The van der Waals surface area contributed by atoms with Crippen LogP contribution in [0.25, 0.3) is 0 Å². The SMILES string of the molecule is CCCN(C)c1cccc(C(F)(F)F)n1. The molecule has 0 atom stereocenters. The Morgan fingerprint density at radius 1 is 1.33 bits per heavy atom. The summed E-state index contributed by atoms with van der Waals surface area (Å²) in [6, 6.07) is 3.92. The minimum absolute atomic E-state index is 0.353. The number of hydrogen-bond acceptors (Lipinski definition) is 2. The first-order valence-corrected chi connectivity index (χ1v) is 4.70. The Labute approximate surface area is 86.7 Å². The topological polar surface area (TPSA) is 16.1 Å². The summed E-state index contributed by atoms with van der Waals surface area (Å²) in [4.78, 5) is 5.27. The first-order valence-electron chi connectivity index (χ1n) is 4.70. The van der Waals surface area contributed by atoms with Gasteiger partial charge in [-0.15, -0.1) is 0 Å². The lowest BCUT2D eigenvalue weighted by atomic mass is 10.3. The van der Waals surface area contributed by atoms with Crippen LogP contribution in [0.5, 0.6) is 0 Å². The van der Waals surface area contributed by atoms with Crippen molar-refractivity contribution < 1.29 is 13.2 Å². The number of halogens is 3. The molecule has 0 saturated heterocycles. The maximum atomic E-state index is 12.3. The van der Waals surface area contributed by atoms with Crippen LogP contribution >= 0.6 is 0 Å². The van der Waals surface area contributed by atoms with Gasteiger partial charge >= 0.3 is 6.18 Å². The summed E-state index contributed by atoms with van der Waals surface area (Å²) in [5.41, 5.74) is -0.844. The summed E-state index contributed by atoms with van der Waals surface area (Å²) in [6.07, 6.45) is -3.50. The standard InChI is InChI=1S/C10H13F3N2/c1-3-7-15(2)9-6-4-5-8(14-9)10(11,12)13/h4-6H,3,7H2,1-2H3. The second-order valence-corrected chi connectivity index (χ2v) is 3.30. The van der Waals surface area contributed by atoms with Crippen molar-refractivity contribution in [2.45, 2.75) is 19.5 Å². The van der Waals surface area contributed by atoms with Crippen LogP contribution in [-0.4, -0.2) is 18.6 Å². The third-order valence-electron chi connectivity index (χ3n) is 1.97. The van der Waals surface area contributed by atoms with E-state index in [1.807, 2.05) is 6.92 Å². The molecule has 5 heteroatoms. The highest BCUT2D eigenvalue weighted by Gasteiger charge is 2.32. The molecule has 0 unspecified atom stereocenters. The van der Waals surface area contributed by atoms with E-state index in [0.29, 0.717) is 12.4 Å². The smallest absolute Gasteiger partial charge is 0.360 e. The van der Waals surface area contributed by atoms with Gasteiger partial charge in [0.25, 0.3) is 0 Å². The van der Waals surface area contributed by atoms with Gasteiger partial charge in [0.2, 0.25) is 0 Å². The Morgan fingerprint density at radius 3 is 2.53 bits per heavy atom. The molecule has 0 fully saturated rings. The molecule has 0 aliphatic heterocycles. The fourth-order valence-electron chi connectivity index (χ4n) is 1.24. The van der Waals surface area contributed by atoms with E-state index >= 15 is 0 Å². The lowest BCUT2D eigenvalue weighted by molar-refractivity contribution is -0.141. The summed E-state index contributed by atoms with van der Waals surface area (Å²) in [7, 11) is 1.73. The van der Waals surface area contributed by atoms with Crippen molar-refractivity contribution in [2.24, 2.45) is 0 Å². The minimum atomic E-state index is -4.37. The molecule has 0 spiro atoms. The fourth-order valence-corrected chi connectivity index (χ4v) is 1.24. The molecule has 0 radical (unpaired) electrons. The van der Waals surface area contributed by atoms with Crippen molar-refractivity contribution in [2.75, 3.05) is 18.5 Å². The molecule has 0 bridgehead atoms. The van der Waals surface area contributed by atoms with E-state index in [4.69, 9.17) is 0 Å². The molecule has 0 amide bonds. The van der Waals surface area contributed by atoms with Crippen LogP contribution in [0.2, 0.25) is 0 Å². The number of alkyl halides is 3. The minimum Gasteiger partial charge on any atom is -0.360 e. The Bertz CT molecular complexity index is 323. The van der Waals surface area contributed by atoms with Gasteiger partial charge < -0.3 is 4.90 Å².